The van der Waals surface area contributed by atoms with Crippen LogP contribution in [0.5, 0.6) is 0 Å². The van der Waals surface area contributed by atoms with Crippen molar-refractivity contribution in [3.05, 3.63) is 35.9 Å². The molecule has 2 nitrogen and oxygen atoms in total. The van der Waals surface area contributed by atoms with Crippen LogP contribution >= 0.6 is 0 Å². The van der Waals surface area contributed by atoms with Crippen molar-refractivity contribution in [2.45, 2.75) is 37.1 Å². The molecule has 1 aromatic rings. The lowest BCUT2D eigenvalue weighted by Gasteiger charge is -2.33. The van der Waals surface area contributed by atoms with Crippen LogP contribution in [-0.2, 0) is 10.2 Å². The van der Waals surface area contributed by atoms with Crippen molar-refractivity contribution in [3.63, 3.8) is 0 Å². The van der Waals surface area contributed by atoms with Gasteiger partial charge >= 0.3 is 0 Å². The van der Waals surface area contributed by atoms with Crippen LogP contribution < -0.4 is 5.73 Å². The number of hydrogen-bond acceptors (Lipinski definition) is 2. The average molecular weight is 231 g/mol. The quantitative estimate of drug-likeness (QED) is 0.867. The molecule has 1 saturated heterocycles. The fraction of sp³-hybridized carbons (Fsp3) is 0.600. The van der Waals surface area contributed by atoms with Crippen molar-refractivity contribution < 1.29 is 4.74 Å². The zero-order valence-corrected chi connectivity index (χ0v) is 10.3. The van der Waals surface area contributed by atoms with Gasteiger partial charge < -0.3 is 10.5 Å². The molecule has 0 amide bonds. The molecule has 92 valence electrons. The molecule has 1 aromatic carbocycles. The predicted molar refractivity (Wildman–Crippen MR) is 68.9 cm³/mol. The van der Waals surface area contributed by atoms with Gasteiger partial charge in [-0.15, -0.1) is 0 Å². The zero-order valence-electron chi connectivity index (χ0n) is 10.3. The summed E-state index contributed by atoms with van der Waals surface area (Å²) in [6.45, 7) is 1.78. The van der Waals surface area contributed by atoms with E-state index in [1.165, 1.54) is 31.2 Å². The molecule has 1 aliphatic carbocycles. The van der Waals surface area contributed by atoms with Crippen LogP contribution in [0.3, 0.4) is 0 Å². The highest BCUT2D eigenvalue weighted by molar-refractivity contribution is 5.34. The van der Waals surface area contributed by atoms with E-state index in [4.69, 9.17) is 10.5 Å². The summed E-state index contributed by atoms with van der Waals surface area (Å²) in [6.07, 6.45) is 4.89. The Labute approximate surface area is 103 Å². The normalized spacial score (nSPS) is 28.6. The Hall–Kier alpha value is -0.860. The number of rotatable bonds is 3. The van der Waals surface area contributed by atoms with Crippen molar-refractivity contribution in [2.24, 2.45) is 11.7 Å². The highest BCUT2D eigenvalue weighted by Gasteiger charge is 2.51. The molecule has 1 heterocycles. The molecule has 3 rings (SSSR count). The van der Waals surface area contributed by atoms with Crippen molar-refractivity contribution in [2.75, 3.05) is 13.2 Å². The van der Waals surface area contributed by atoms with Gasteiger partial charge in [-0.3, -0.25) is 0 Å². The third-order valence-corrected chi connectivity index (χ3v) is 4.48. The molecule has 2 heteroatoms. The number of benzene rings is 1. The molecule has 0 spiro atoms. The Morgan fingerprint density at radius 1 is 1.24 bits per heavy atom. The van der Waals surface area contributed by atoms with Gasteiger partial charge in [-0.25, -0.2) is 0 Å². The Balaban J connectivity index is 1.78. The lowest BCUT2D eigenvalue weighted by molar-refractivity contribution is 0.0394. The summed E-state index contributed by atoms with van der Waals surface area (Å²) in [6, 6.07) is 11.1. The highest BCUT2D eigenvalue weighted by Crippen LogP contribution is 2.52. The number of ether oxygens (including phenoxy) is 1. The molecule has 2 atom stereocenters. The standard InChI is InChI=1S/C15H21NO/c16-14(12-5-4-10-17-11-12)15(8-9-15)13-6-2-1-3-7-13/h1-3,6-7,12,14H,4-5,8-11,16H2. The lowest BCUT2D eigenvalue weighted by atomic mass is 9.79. The first-order valence-electron chi connectivity index (χ1n) is 6.72. The largest absolute Gasteiger partial charge is 0.381 e. The van der Waals surface area contributed by atoms with Crippen LogP contribution in [0.1, 0.15) is 31.2 Å². The van der Waals surface area contributed by atoms with Crippen molar-refractivity contribution >= 4 is 0 Å². The number of nitrogens with two attached hydrogens (primary N) is 1. The minimum atomic E-state index is 0.257. The second kappa shape index (κ2) is 4.43. The first kappa shape index (κ1) is 11.2. The van der Waals surface area contributed by atoms with Crippen LogP contribution in [0.15, 0.2) is 30.3 Å². The van der Waals surface area contributed by atoms with E-state index in [1.807, 2.05) is 0 Å². The van der Waals surface area contributed by atoms with Gasteiger partial charge in [-0.05, 0) is 37.2 Å². The Morgan fingerprint density at radius 3 is 2.59 bits per heavy atom. The van der Waals surface area contributed by atoms with Crippen LogP contribution in [0.4, 0.5) is 0 Å². The Morgan fingerprint density at radius 2 is 2.00 bits per heavy atom. The summed E-state index contributed by atoms with van der Waals surface area (Å²) in [5.41, 5.74) is 8.23. The molecule has 0 aromatic heterocycles. The van der Waals surface area contributed by atoms with Crippen molar-refractivity contribution in [1.29, 1.82) is 0 Å². The van der Waals surface area contributed by atoms with Gasteiger partial charge in [-0.2, -0.15) is 0 Å². The molecule has 2 N–H and O–H groups in total. The SMILES string of the molecule is NC(C1CCCOC1)C1(c2ccccc2)CC1. The zero-order chi connectivity index (χ0) is 11.7. The lowest BCUT2D eigenvalue weighted by Crippen LogP contribution is -2.44. The van der Waals surface area contributed by atoms with E-state index < -0.39 is 0 Å². The molecule has 2 unspecified atom stereocenters. The smallest absolute Gasteiger partial charge is 0.0509 e. The van der Waals surface area contributed by atoms with Gasteiger partial charge in [-0.1, -0.05) is 30.3 Å². The van der Waals surface area contributed by atoms with E-state index >= 15 is 0 Å². The maximum absolute atomic E-state index is 6.54. The molecule has 2 aliphatic rings. The molecular formula is C15H21NO. The van der Waals surface area contributed by atoms with Gasteiger partial charge in [0.1, 0.15) is 0 Å². The van der Waals surface area contributed by atoms with Gasteiger partial charge in [0.25, 0.3) is 0 Å². The van der Waals surface area contributed by atoms with Crippen molar-refractivity contribution in [3.8, 4) is 0 Å². The number of hydrogen-bond donors (Lipinski definition) is 1. The summed E-state index contributed by atoms with van der Waals surface area (Å²) in [7, 11) is 0. The second-order valence-electron chi connectivity index (χ2n) is 5.53. The van der Waals surface area contributed by atoms with E-state index in [1.54, 1.807) is 0 Å². The van der Waals surface area contributed by atoms with E-state index in [0.717, 1.165) is 13.2 Å². The maximum atomic E-state index is 6.54. The molecule has 0 radical (unpaired) electrons. The molecular weight excluding hydrogens is 210 g/mol. The first-order chi connectivity index (χ1) is 8.33. The van der Waals surface area contributed by atoms with Crippen LogP contribution in [0.25, 0.3) is 0 Å². The van der Waals surface area contributed by atoms with E-state index in [0.29, 0.717) is 5.92 Å². The van der Waals surface area contributed by atoms with Crippen LogP contribution in [0.2, 0.25) is 0 Å². The van der Waals surface area contributed by atoms with Crippen LogP contribution in [-0.4, -0.2) is 19.3 Å². The van der Waals surface area contributed by atoms with Gasteiger partial charge in [0.15, 0.2) is 0 Å². The Bertz CT molecular complexity index is 366. The average Bonchev–Trinajstić information content (AvgIpc) is 3.21. The first-order valence-corrected chi connectivity index (χ1v) is 6.72. The van der Waals surface area contributed by atoms with Gasteiger partial charge in [0.2, 0.25) is 0 Å². The van der Waals surface area contributed by atoms with Crippen molar-refractivity contribution in [1.82, 2.24) is 0 Å². The minimum absolute atomic E-state index is 0.257. The van der Waals surface area contributed by atoms with Crippen LogP contribution in [0, 0.1) is 5.92 Å². The second-order valence-corrected chi connectivity index (χ2v) is 5.53. The third-order valence-electron chi connectivity index (χ3n) is 4.48. The monoisotopic (exact) mass is 231 g/mol. The molecule has 2 fully saturated rings. The van der Waals surface area contributed by atoms with E-state index in [9.17, 15) is 0 Å². The summed E-state index contributed by atoms with van der Waals surface area (Å²) >= 11 is 0. The fourth-order valence-corrected chi connectivity index (χ4v) is 3.22. The molecule has 17 heavy (non-hydrogen) atoms. The van der Waals surface area contributed by atoms with E-state index in [2.05, 4.69) is 30.3 Å². The third kappa shape index (κ3) is 2.00. The molecule has 0 bridgehead atoms. The van der Waals surface area contributed by atoms with Gasteiger partial charge in [0, 0.05) is 18.1 Å². The molecule has 1 aliphatic heterocycles. The van der Waals surface area contributed by atoms with E-state index in [-0.39, 0.29) is 11.5 Å². The summed E-state index contributed by atoms with van der Waals surface area (Å²) in [5.74, 6) is 0.548. The fourth-order valence-electron chi connectivity index (χ4n) is 3.22. The topological polar surface area (TPSA) is 35.2 Å². The molecule has 1 saturated carbocycles. The summed E-state index contributed by atoms with van der Waals surface area (Å²) in [5, 5.41) is 0. The minimum Gasteiger partial charge on any atom is -0.381 e. The summed E-state index contributed by atoms with van der Waals surface area (Å²) in [4.78, 5) is 0. The highest BCUT2D eigenvalue weighted by atomic mass is 16.5. The Kier molecular flexibility index (Phi) is 2.93. The predicted octanol–water partition coefficient (Wildman–Crippen LogP) is 2.47. The van der Waals surface area contributed by atoms with Gasteiger partial charge in [0.05, 0.1) is 6.61 Å². The summed E-state index contributed by atoms with van der Waals surface area (Å²) < 4.78 is 5.58. The maximum Gasteiger partial charge on any atom is 0.0509 e.